The lowest BCUT2D eigenvalue weighted by Gasteiger charge is -2.26. The van der Waals surface area contributed by atoms with Crippen LogP contribution in [0.15, 0.2) is 12.4 Å². The van der Waals surface area contributed by atoms with Gasteiger partial charge in [0.1, 0.15) is 0 Å². The van der Waals surface area contributed by atoms with Crippen molar-refractivity contribution in [2.45, 2.75) is 39.2 Å². The number of hydrogen-bond donors (Lipinski definition) is 1. The summed E-state index contributed by atoms with van der Waals surface area (Å²) in [6, 6.07) is 0. The minimum Gasteiger partial charge on any atom is -0.476 e. The van der Waals surface area contributed by atoms with Crippen LogP contribution in [0, 0.1) is 11.8 Å². The van der Waals surface area contributed by atoms with Crippen LogP contribution in [-0.4, -0.2) is 23.6 Å². The Bertz CT molecular complexity index is 353. The highest BCUT2D eigenvalue weighted by atomic mass is 16.5. The zero-order valence-electron chi connectivity index (χ0n) is 11.4. The Balaban J connectivity index is 1.78. The van der Waals surface area contributed by atoms with E-state index in [1.54, 1.807) is 12.4 Å². The number of rotatable bonds is 5. The zero-order chi connectivity index (χ0) is 12.8. The molecule has 100 valence electrons. The van der Waals surface area contributed by atoms with Crippen LogP contribution in [0.4, 0.5) is 0 Å². The predicted molar refractivity (Wildman–Crippen MR) is 71.4 cm³/mol. The van der Waals surface area contributed by atoms with E-state index in [0.717, 1.165) is 24.8 Å². The monoisotopic (exact) mass is 249 g/mol. The fourth-order valence-electron chi connectivity index (χ4n) is 2.60. The van der Waals surface area contributed by atoms with Crippen molar-refractivity contribution in [2.75, 3.05) is 13.7 Å². The molecule has 0 aliphatic heterocycles. The minimum atomic E-state index is 0.646. The van der Waals surface area contributed by atoms with Gasteiger partial charge in [-0.2, -0.15) is 0 Å². The molecule has 4 nitrogen and oxygen atoms in total. The first-order chi connectivity index (χ1) is 8.78. The SMILES string of the molecule is CNCc1cnc(OCC2CCCC(C)C2)cn1. The summed E-state index contributed by atoms with van der Waals surface area (Å²) >= 11 is 0. The Kier molecular flexibility index (Phi) is 4.93. The van der Waals surface area contributed by atoms with Gasteiger partial charge in [-0.1, -0.05) is 19.8 Å². The van der Waals surface area contributed by atoms with Gasteiger partial charge in [-0.05, 0) is 31.7 Å². The topological polar surface area (TPSA) is 47.0 Å². The molecular weight excluding hydrogens is 226 g/mol. The van der Waals surface area contributed by atoms with Crippen molar-refractivity contribution < 1.29 is 4.74 Å². The minimum absolute atomic E-state index is 0.646. The van der Waals surface area contributed by atoms with Crippen molar-refractivity contribution in [2.24, 2.45) is 11.8 Å². The van der Waals surface area contributed by atoms with E-state index in [1.165, 1.54) is 25.7 Å². The third kappa shape index (κ3) is 3.95. The Morgan fingerprint density at radius 2 is 2.22 bits per heavy atom. The highest BCUT2D eigenvalue weighted by Gasteiger charge is 2.19. The summed E-state index contributed by atoms with van der Waals surface area (Å²) < 4.78 is 5.73. The zero-order valence-corrected chi connectivity index (χ0v) is 11.4. The first-order valence-corrected chi connectivity index (χ1v) is 6.86. The smallest absolute Gasteiger partial charge is 0.232 e. The molecule has 18 heavy (non-hydrogen) atoms. The molecule has 0 spiro atoms. The molecule has 0 bridgehead atoms. The van der Waals surface area contributed by atoms with E-state index >= 15 is 0 Å². The maximum atomic E-state index is 5.73. The molecule has 0 aromatic carbocycles. The molecule has 0 radical (unpaired) electrons. The van der Waals surface area contributed by atoms with Crippen LogP contribution in [0.3, 0.4) is 0 Å². The highest BCUT2D eigenvalue weighted by Crippen LogP contribution is 2.28. The summed E-state index contributed by atoms with van der Waals surface area (Å²) in [6.45, 7) is 3.86. The Labute approximate surface area is 109 Å². The van der Waals surface area contributed by atoms with Gasteiger partial charge in [-0.25, -0.2) is 4.98 Å². The summed E-state index contributed by atoms with van der Waals surface area (Å²) in [6.07, 6.45) is 8.77. The maximum Gasteiger partial charge on any atom is 0.232 e. The van der Waals surface area contributed by atoms with Gasteiger partial charge in [-0.15, -0.1) is 0 Å². The third-order valence-corrected chi connectivity index (χ3v) is 3.55. The van der Waals surface area contributed by atoms with Gasteiger partial charge in [0.25, 0.3) is 0 Å². The van der Waals surface area contributed by atoms with Gasteiger partial charge in [0, 0.05) is 6.54 Å². The molecule has 1 N–H and O–H groups in total. The Hall–Kier alpha value is -1.16. The van der Waals surface area contributed by atoms with Gasteiger partial charge < -0.3 is 10.1 Å². The van der Waals surface area contributed by atoms with E-state index < -0.39 is 0 Å². The van der Waals surface area contributed by atoms with Gasteiger partial charge in [0.2, 0.25) is 5.88 Å². The van der Waals surface area contributed by atoms with Crippen LogP contribution in [0.25, 0.3) is 0 Å². The number of hydrogen-bond acceptors (Lipinski definition) is 4. The third-order valence-electron chi connectivity index (χ3n) is 3.55. The second kappa shape index (κ2) is 6.69. The van der Waals surface area contributed by atoms with E-state index in [1.807, 2.05) is 7.05 Å². The van der Waals surface area contributed by atoms with E-state index in [2.05, 4.69) is 22.2 Å². The molecule has 1 heterocycles. The second-order valence-corrected chi connectivity index (χ2v) is 5.33. The number of aromatic nitrogens is 2. The second-order valence-electron chi connectivity index (χ2n) is 5.33. The lowest BCUT2D eigenvalue weighted by molar-refractivity contribution is 0.177. The summed E-state index contributed by atoms with van der Waals surface area (Å²) in [7, 11) is 1.90. The van der Waals surface area contributed by atoms with E-state index in [-0.39, 0.29) is 0 Å². The van der Waals surface area contributed by atoms with Crippen LogP contribution in [-0.2, 0) is 6.54 Å². The van der Waals surface area contributed by atoms with Crippen LogP contribution >= 0.6 is 0 Å². The van der Waals surface area contributed by atoms with Crippen molar-refractivity contribution in [1.29, 1.82) is 0 Å². The highest BCUT2D eigenvalue weighted by molar-refractivity contribution is 5.07. The fourth-order valence-corrected chi connectivity index (χ4v) is 2.60. The molecule has 4 heteroatoms. The average Bonchev–Trinajstić information content (AvgIpc) is 2.38. The quantitative estimate of drug-likeness (QED) is 0.870. The van der Waals surface area contributed by atoms with Crippen LogP contribution < -0.4 is 10.1 Å². The predicted octanol–water partition coefficient (Wildman–Crippen LogP) is 2.40. The number of ether oxygens (including phenoxy) is 1. The van der Waals surface area contributed by atoms with Crippen molar-refractivity contribution in [3.05, 3.63) is 18.1 Å². The summed E-state index contributed by atoms with van der Waals surface area (Å²) in [5, 5.41) is 3.05. The Morgan fingerprint density at radius 3 is 2.89 bits per heavy atom. The van der Waals surface area contributed by atoms with Gasteiger partial charge in [0.15, 0.2) is 0 Å². The van der Waals surface area contributed by atoms with Crippen LogP contribution in [0.5, 0.6) is 5.88 Å². The van der Waals surface area contributed by atoms with Crippen LogP contribution in [0.1, 0.15) is 38.3 Å². The van der Waals surface area contributed by atoms with Gasteiger partial charge >= 0.3 is 0 Å². The van der Waals surface area contributed by atoms with E-state index in [9.17, 15) is 0 Å². The molecular formula is C14H23N3O. The van der Waals surface area contributed by atoms with E-state index in [0.29, 0.717) is 11.8 Å². The first kappa shape index (κ1) is 13.3. The lowest BCUT2D eigenvalue weighted by Crippen LogP contribution is -2.20. The molecule has 2 atom stereocenters. The number of nitrogens with one attached hydrogen (secondary N) is 1. The molecule has 1 fully saturated rings. The maximum absolute atomic E-state index is 5.73. The molecule has 1 aliphatic rings. The summed E-state index contributed by atoms with van der Waals surface area (Å²) in [4.78, 5) is 8.57. The molecule has 0 saturated heterocycles. The molecule has 2 unspecified atom stereocenters. The Morgan fingerprint density at radius 1 is 1.33 bits per heavy atom. The fraction of sp³-hybridized carbons (Fsp3) is 0.714. The molecule has 1 aromatic rings. The van der Waals surface area contributed by atoms with Crippen LogP contribution in [0.2, 0.25) is 0 Å². The first-order valence-electron chi connectivity index (χ1n) is 6.86. The van der Waals surface area contributed by atoms with Crippen molar-refractivity contribution in [3.8, 4) is 5.88 Å². The van der Waals surface area contributed by atoms with Gasteiger partial charge in [-0.3, -0.25) is 4.98 Å². The normalized spacial score (nSPS) is 23.9. The van der Waals surface area contributed by atoms with Gasteiger partial charge in [0.05, 0.1) is 24.7 Å². The van der Waals surface area contributed by atoms with E-state index in [4.69, 9.17) is 4.74 Å². The van der Waals surface area contributed by atoms with Crippen molar-refractivity contribution >= 4 is 0 Å². The average molecular weight is 249 g/mol. The summed E-state index contributed by atoms with van der Waals surface area (Å²) in [5.74, 6) is 2.18. The van der Waals surface area contributed by atoms with Crippen molar-refractivity contribution in [1.82, 2.24) is 15.3 Å². The number of nitrogens with zero attached hydrogens (tertiary/aromatic N) is 2. The molecule has 1 aliphatic carbocycles. The molecule has 1 aromatic heterocycles. The molecule has 0 amide bonds. The summed E-state index contributed by atoms with van der Waals surface area (Å²) in [5.41, 5.74) is 0.941. The lowest BCUT2D eigenvalue weighted by atomic mass is 9.83. The molecule has 2 rings (SSSR count). The largest absolute Gasteiger partial charge is 0.476 e. The van der Waals surface area contributed by atoms with Crippen molar-refractivity contribution in [3.63, 3.8) is 0 Å². The molecule has 1 saturated carbocycles. The standard InChI is InChI=1S/C14H23N3O/c1-11-4-3-5-12(6-11)10-18-14-9-16-13(7-15-2)8-17-14/h8-9,11-12,15H,3-7,10H2,1-2H3.